The Bertz CT molecular complexity index is 1440. The van der Waals surface area contributed by atoms with Gasteiger partial charge in [0, 0.05) is 18.1 Å². The molecule has 10 heteroatoms. The maximum atomic E-state index is 14.2. The number of carbonyl (C=O) groups excluding carboxylic acids is 2. The Morgan fingerprint density at radius 2 is 1.60 bits per heavy atom. The molecular weight excluding hydrogens is 574 g/mol. The van der Waals surface area contributed by atoms with Crippen molar-refractivity contribution in [3.63, 3.8) is 0 Å². The van der Waals surface area contributed by atoms with Crippen molar-refractivity contribution < 1.29 is 22.7 Å². The number of para-hydroxylation sites is 2. The van der Waals surface area contributed by atoms with Gasteiger partial charge in [-0.2, -0.15) is 0 Å². The van der Waals surface area contributed by atoms with Gasteiger partial charge < -0.3 is 15.0 Å². The molecule has 3 aromatic rings. The molecule has 8 nitrogen and oxygen atoms in total. The number of nitrogens with zero attached hydrogens (tertiary/aromatic N) is 2. The van der Waals surface area contributed by atoms with Gasteiger partial charge in [0.05, 0.1) is 17.2 Å². The molecule has 0 bridgehead atoms. The second-order valence-electron chi connectivity index (χ2n) is 10.4. The maximum absolute atomic E-state index is 14.2. The van der Waals surface area contributed by atoms with Gasteiger partial charge in [-0.3, -0.25) is 13.9 Å². The molecule has 0 radical (unpaired) electrons. The molecule has 0 aliphatic heterocycles. The van der Waals surface area contributed by atoms with Crippen LogP contribution in [0.5, 0.6) is 5.75 Å². The van der Waals surface area contributed by atoms with Gasteiger partial charge in [-0.25, -0.2) is 8.42 Å². The first-order valence-electron chi connectivity index (χ1n) is 14.1. The molecule has 0 heterocycles. The summed E-state index contributed by atoms with van der Waals surface area (Å²) in [7, 11) is -4.21. The lowest BCUT2D eigenvalue weighted by molar-refractivity contribution is -0.140. The normalized spacial score (nSPS) is 12.1. The highest BCUT2D eigenvalue weighted by molar-refractivity contribution is 7.92. The third kappa shape index (κ3) is 8.49. The standard InChI is InChI=1S/C32H40ClN3O5S/c1-6-28(32(38)34-20-23(3)4)35(21-25-14-16-26(33)17-15-25)31(37)22-36(29-10-8-9-11-30(29)41-7-2)42(39,40)27-18-12-24(5)13-19-27/h8-19,23,28H,6-7,20-22H2,1-5H3,(H,34,38). The van der Waals surface area contributed by atoms with Crippen molar-refractivity contribution in [1.29, 1.82) is 0 Å². The minimum absolute atomic E-state index is 0.0400. The number of amides is 2. The van der Waals surface area contributed by atoms with Gasteiger partial charge in [-0.1, -0.05) is 74.3 Å². The van der Waals surface area contributed by atoms with E-state index in [2.05, 4.69) is 5.32 Å². The van der Waals surface area contributed by atoms with E-state index in [9.17, 15) is 18.0 Å². The Kier molecular flexibility index (Phi) is 11.8. The highest BCUT2D eigenvalue weighted by Crippen LogP contribution is 2.33. The van der Waals surface area contributed by atoms with Gasteiger partial charge >= 0.3 is 0 Å². The van der Waals surface area contributed by atoms with Crippen molar-refractivity contribution in [2.45, 2.75) is 58.5 Å². The Morgan fingerprint density at radius 3 is 2.19 bits per heavy atom. The largest absolute Gasteiger partial charge is 0.492 e. The summed E-state index contributed by atoms with van der Waals surface area (Å²) in [5.41, 5.74) is 1.89. The number of halogens is 1. The fraction of sp³-hybridized carbons (Fsp3) is 0.375. The third-order valence-electron chi connectivity index (χ3n) is 6.66. The van der Waals surface area contributed by atoms with Crippen molar-refractivity contribution in [3.8, 4) is 5.75 Å². The summed E-state index contributed by atoms with van der Waals surface area (Å²) in [6.07, 6.45) is 0.337. The SMILES string of the molecule is CCOc1ccccc1N(CC(=O)N(Cc1ccc(Cl)cc1)C(CC)C(=O)NCC(C)C)S(=O)(=O)c1ccc(C)cc1. The third-order valence-corrected chi connectivity index (χ3v) is 8.68. The average molecular weight is 614 g/mol. The number of rotatable bonds is 14. The quantitative estimate of drug-likeness (QED) is 0.247. The summed E-state index contributed by atoms with van der Waals surface area (Å²) < 4.78 is 35.1. The van der Waals surface area contributed by atoms with Crippen molar-refractivity contribution in [3.05, 3.63) is 88.9 Å². The molecule has 1 atom stereocenters. The molecule has 0 aromatic heterocycles. The lowest BCUT2D eigenvalue weighted by Gasteiger charge is -2.33. The Labute approximate surface area is 254 Å². The van der Waals surface area contributed by atoms with Crippen LogP contribution in [-0.4, -0.2) is 50.9 Å². The van der Waals surface area contributed by atoms with E-state index in [4.69, 9.17) is 16.3 Å². The van der Waals surface area contributed by atoms with Crippen LogP contribution in [-0.2, 0) is 26.2 Å². The zero-order valence-electron chi connectivity index (χ0n) is 24.8. The number of anilines is 1. The monoisotopic (exact) mass is 613 g/mol. The second-order valence-corrected chi connectivity index (χ2v) is 12.7. The van der Waals surface area contributed by atoms with Gasteiger partial charge in [0.1, 0.15) is 18.3 Å². The van der Waals surface area contributed by atoms with Crippen LogP contribution in [0.3, 0.4) is 0 Å². The maximum Gasteiger partial charge on any atom is 0.264 e. The van der Waals surface area contributed by atoms with E-state index in [-0.39, 0.29) is 29.0 Å². The first-order valence-corrected chi connectivity index (χ1v) is 15.9. The zero-order valence-corrected chi connectivity index (χ0v) is 26.4. The van der Waals surface area contributed by atoms with E-state index in [0.717, 1.165) is 15.4 Å². The molecule has 0 fully saturated rings. The predicted molar refractivity (Wildman–Crippen MR) is 167 cm³/mol. The second kappa shape index (κ2) is 15.1. The minimum atomic E-state index is -4.21. The molecule has 226 valence electrons. The summed E-state index contributed by atoms with van der Waals surface area (Å²) in [4.78, 5) is 29.0. The highest BCUT2D eigenvalue weighted by atomic mass is 35.5. The Balaban J connectivity index is 2.09. The molecule has 0 saturated carbocycles. The van der Waals surface area contributed by atoms with Gasteiger partial charge in [0.25, 0.3) is 10.0 Å². The van der Waals surface area contributed by atoms with Crippen molar-refractivity contribution in [2.24, 2.45) is 5.92 Å². The van der Waals surface area contributed by atoms with Gasteiger partial charge in [-0.15, -0.1) is 0 Å². The minimum Gasteiger partial charge on any atom is -0.492 e. The van der Waals surface area contributed by atoms with E-state index >= 15 is 0 Å². The number of carbonyl (C=O) groups is 2. The molecule has 42 heavy (non-hydrogen) atoms. The van der Waals surface area contributed by atoms with Crippen LogP contribution < -0.4 is 14.4 Å². The van der Waals surface area contributed by atoms with Crippen LogP contribution in [0.25, 0.3) is 0 Å². The number of ether oxygens (including phenoxy) is 1. The first-order chi connectivity index (χ1) is 20.0. The Morgan fingerprint density at radius 1 is 0.952 bits per heavy atom. The van der Waals surface area contributed by atoms with E-state index < -0.39 is 28.5 Å². The Hall–Kier alpha value is -3.56. The van der Waals surface area contributed by atoms with Crippen LogP contribution in [0.15, 0.2) is 77.7 Å². The van der Waals surface area contributed by atoms with Gasteiger partial charge in [0.2, 0.25) is 11.8 Å². The summed E-state index contributed by atoms with van der Waals surface area (Å²) in [6.45, 7) is 9.78. The number of aryl methyl sites for hydroxylation is 1. The average Bonchev–Trinajstić information content (AvgIpc) is 2.96. The van der Waals surface area contributed by atoms with Gasteiger partial charge in [0.15, 0.2) is 0 Å². The van der Waals surface area contributed by atoms with Crippen LogP contribution >= 0.6 is 11.6 Å². The van der Waals surface area contributed by atoms with E-state index in [0.29, 0.717) is 30.3 Å². The first kappa shape index (κ1) is 32.9. The summed E-state index contributed by atoms with van der Waals surface area (Å²) in [5.74, 6) is -0.277. The lowest BCUT2D eigenvalue weighted by Crippen LogP contribution is -2.52. The van der Waals surface area contributed by atoms with E-state index in [1.54, 1.807) is 67.6 Å². The topological polar surface area (TPSA) is 96.0 Å². The van der Waals surface area contributed by atoms with Crippen LogP contribution in [0.1, 0.15) is 45.2 Å². The number of nitrogens with one attached hydrogen (secondary N) is 1. The fourth-order valence-electron chi connectivity index (χ4n) is 4.42. The predicted octanol–water partition coefficient (Wildman–Crippen LogP) is 5.82. The molecule has 0 spiro atoms. The molecular formula is C32H40ClN3O5S. The van der Waals surface area contributed by atoms with Crippen LogP contribution in [0.4, 0.5) is 5.69 Å². The summed E-state index contributed by atoms with van der Waals surface area (Å²) in [6, 6.07) is 19.3. The fourth-order valence-corrected chi connectivity index (χ4v) is 5.97. The van der Waals surface area contributed by atoms with Crippen LogP contribution in [0.2, 0.25) is 5.02 Å². The molecule has 3 rings (SSSR count). The molecule has 0 aliphatic rings. The smallest absolute Gasteiger partial charge is 0.264 e. The number of sulfonamides is 1. The van der Waals surface area contributed by atoms with Crippen molar-refractivity contribution in [1.82, 2.24) is 10.2 Å². The molecule has 1 N–H and O–H groups in total. The summed E-state index contributed by atoms with van der Waals surface area (Å²) >= 11 is 6.09. The van der Waals surface area contributed by atoms with Crippen LogP contribution in [0, 0.1) is 12.8 Å². The lowest BCUT2D eigenvalue weighted by atomic mass is 10.1. The molecule has 3 aromatic carbocycles. The van der Waals surface area contributed by atoms with Crippen molar-refractivity contribution >= 4 is 39.1 Å². The van der Waals surface area contributed by atoms with Gasteiger partial charge in [-0.05, 0) is 68.1 Å². The van der Waals surface area contributed by atoms with E-state index in [1.165, 1.54) is 17.0 Å². The van der Waals surface area contributed by atoms with E-state index in [1.807, 2.05) is 27.7 Å². The molecule has 0 saturated heterocycles. The number of hydrogen-bond acceptors (Lipinski definition) is 5. The van der Waals surface area contributed by atoms with Crippen molar-refractivity contribution in [2.75, 3.05) is 24.0 Å². The number of benzene rings is 3. The molecule has 0 aliphatic carbocycles. The molecule has 1 unspecified atom stereocenters. The zero-order chi connectivity index (χ0) is 30.9. The summed E-state index contributed by atoms with van der Waals surface area (Å²) in [5, 5.41) is 3.47. The number of hydrogen-bond donors (Lipinski definition) is 1. The highest BCUT2D eigenvalue weighted by Gasteiger charge is 2.34. The molecule has 2 amide bonds.